The minimum atomic E-state index is -0.0480. The van der Waals surface area contributed by atoms with Gasteiger partial charge in [-0.15, -0.1) is 0 Å². The highest BCUT2D eigenvalue weighted by molar-refractivity contribution is 8.00. The highest BCUT2D eigenvalue weighted by Crippen LogP contribution is 2.27. The van der Waals surface area contributed by atoms with Crippen molar-refractivity contribution in [2.45, 2.75) is 76.1 Å². The van der Waals surface area contributed by atoms with Gasteiger partial charge >= 0.3 is 0 Å². The van der Waals surface area contributed by atoms with Gasteiger partial charge in [0, 0.05) is 16.3 Å². The molecule has 0 bridgehead atoms. The van der Waals surface area contributed by atoms with E-state index in [9.17, 15) is 5.11 Å². The third-order valence-electron chi connectivity index (χ3n) is 3.14. The van der Waals surface area contributed by atoms with Crippen molar-refractivity contribution in [2.24, 2.45) is 0 Å². The summed E-state index contributed by atoms with van der Waals surface area (Å²) in [7, 11) is 0. The first-order valence-electron chi connectivity index (χ1n) is 6.87. The zero-order valence-corrected chi connectivity index (χ0v) is 12.7. The summed E-state index contributed by atoms with van der Waals surface area (Å²) in [5.41, 5.74) is -0.0480. The van der Waals surface area contributed by atoms with Crippen LogP contribution in [0.25, 0.3) is 0 Å². The van der Waals surface area contributed by atoms with Gasteiger partial charge < -0.3 is 10.4 Å². The molecule has 0 amide bonds. The zero-order valence-electron chi connectivity index (χ0n) is 11.9. The standard InChI is InChI=1S/C14H29NOS/c1-13(2,3)17-10-6-5-9-14(4,11-16)15-12-7-8-12/h12,15-16H,5-11H2,1-4H3. The first-order valence-corrected chi connectivity index (χ1v) is 7.86. The van der Waals surface area contributed by atoms with E-state index in [0.29, 0.717) is 10.8 Å². The molecule has 3 heteroatoms. The van der Waals surface area contributed by atoms with Crippen molar-refractivity contribution >= 4 is 11.8 Å². The molecule has 1 atom stereocenters. The molecule has 0 aliphatic heterocycles. The SMILES string of the molecule is CC(CO)(CCCCSC(C)(C)C)NC1CC1. The number of thioether (sulfide) groups is 1. The van der Waals surface area contributed by atoms with E-state index in [0.717, 1.165) is 6.42 Å². The number of hydrogen-bond acceptors (Lipinski definition) is 3. The van der Waals surface area contributed by atoms with Crippen LogP contribution in [0.5, 0.6) is 0 Å². The van der Waals surface area contributed by atoms with E-state index in [1.807, 2.05) is 11.8 Å². The van der Waals surface area contributed by atoms with E-state index >= 15 is 0 Å². The number of aliphatic hydroxyl groups excluding tert-OH is 1. The topological polar surface area (TPSA) is 32.3 Å². The van der Waals surface area contributed by atoms with Crippen molar-refractivity contribution in [1.29, 1.82) is 0 Å². The smallest absolute Gasteiger partial charge is 0.0610 e. The first-order chi connectivity index (χ1) is 7.85. The molecule has 0 aromatic heterocycles. The Bertz CT molecular complexity index is 223. The number of unbranched alkanes of at least 4 members (excludes halogenated alkanes) is 1. The van der Waals surface area contributed by atoms with Crippen LogP contribution in [0.1, 0.15) is 59.8 Å². The molecule has 102 valence electrons. The summed E-state index contributed by atoms with van der Waals surface area (Å²) in [5, 5.41) is 13.0. The Labute approximate surface area is 111 Å². The molecular weight excluding hydrogens is 230 g/mol. The Morgan fingerprint density at radius 1 is 1.18 bits per heavy atom. The van der Waals surface area contributed by atoms with Gasteiger partial charge in [0.05, 0.1) is 6.61 Å². The monoisotopic (exact) mass is 259 g/mol. The van der Waals surface area contributed by atoms with E-state index in [2.05, 4.69) is 33.0 Å². The maximum atomic E-state index is 9.48. The molecule has 1 aliphatic rings. The van der Waals surface area contributed by atoms with Crippen molar-refractivity contribution in [3.8, 4) is 0 Å². The molecule has 2 nitrogen and oxygen atoms in total. The molecule has 1 aliphatic carbocycles. The Kier molecular flexibility index (Phi) is 5.81. The van der Waals surface area contributed by atoms with Crippen LogP contribution < -0.4 is 5.32 Å². The minimum Gasteiger partial charge on any atom is -0.394 e. The van der Waals surface area contributed by atoms with Crippen molar-refractivity contribution in [3.05, 3.63) is 0 Å². The van der Waals surface area contributed by atoms with E-state index in [-0.39, 0.29) is 12.1 Å². The average molecular weight is 259 g/mol. The molecule has 0 saturated heterocycles. The quantitative estimate of drug-likeness (QED) is 0.657. The molecule has 17 heavy (non-hydrogen) atoms. The Hall–Kier alpha value is 0.270. The van der Waals surface area contributed by atoms with E-state index in [1.165, 1.54) is 31.4 Å². The van der Waals surface area contributed by atoms with Crippen LogP contribution in [-0.4, -0.2) is 33.8 Å². The lowest BCUT2D eigenvalue weighted by Gasteiger charge is -2.29. The van der Waals surface area contributed by atoms with Gasteiger partial charge in [-0.3, -0.25) is 0 Å². The van der Waals surface area contributed by atoms with Gasteiger partial charge in [0.25, 0.3) is 0 Å². The van der Waals surface area contributed by atoms with Crippen LogP contribution in [0.4, 0.5) is 0 Å². The molecule has 0 heterocycles. The third kappa shape index (κ3) is 7.32. The minimum absolute atomic E-state index is 0.0480. The van der Waals surface area contributed by atoms with Crippen LogP contribution >= 0.6 is 11.8 Å². The van der Waals surface area contributed by atoms with Crippen molar-refractivity contribution < 1.29 is 5.11 Å². The number of hydrogen-bond donors (Lipinski definition) is 2. The van der Waals surface area contributed by atoms with E-state index < -0.39 is 0 Å². The second kappa shape index (κ2) is 6.44. The number of rotatable bonds is 8. The largest absolute Gasteiger partial charge is 0.394 e. The molecule has 0 radical (unpaired) electrons. The molecule has 0 spiro atoms. The summed E-state index contributed by atoms with van der Waals surface area (Å²) in [4.78, 5) is 0. The van der Waals surface area contributed by atoms with Gasteiger partial charge in [0.1, 0.15) is 0 Å². The van der Waals surface area contributed by atoms with Crippen molar-refractivity contribution in [3.63, 3.8) is 0 Å². The molecule has 0 aromatic carbocycles. The van der Waals surface area contributed by atoms with Crippen LogP contribution in [0, 0.1) is 0 Å². The van der Waals surface area contributed by atoms with Gasteiger partial charge in [-0.05, 0) is 38.4 Å². The predicted molar refractivity (Wildman–Crippen MR) is 77.7 cm³/mol. The fourth-order valence-electron chi connectivity index (χ4n) is 1.91. The Morgan fingerprint density at radius 3 is 2.29 bits per heavy atom. The summed E-state index contributed by atoms with van der Waals surface area (Å²) in [5.74, 6) is 1.23. The second-order valence-electron chi connectivity index (χ2n) is 6.56. The molecule has 2 N–H and O–H groups in total. The summed E-state index contributed by atoms with van der Waals surface area (Å²) in [6, 6.07) is 0.677. The van der Waals surface area contributed by atoms with Gasteiger partial charge in [-0.2, -0.15) is 11.8 Å². The maximum Gasteiger partial charge on any atom is 0.0610 e. The molecule has 1 saturated carbocycles. The summed E-state index contributed by atoms with van der Waals surface area (Å²) < 4.78 is 0.381. The Balaban J connectivity index is 2.10. The lowest BCUT2D eigenvalue weighted by Crippen LogP contribution is -2.46. The van der Waals surface area contributed by atoms with Crippen LogP contribution in [0.2, 0.25) is 0 Å². The number of aliphatic hydroxyl groups is 1. The summed E-state index contributed by atoms with van der Waals surface area (Å²) in [6.07, 6.45) is 6.12. The molecule has 1 rings (SSSR count). The zero-order chi connectivity index (χ0) is 12.9. The number of nitrogens with one attached hydrogen (secondary N) is 1. The summed E-state index contributed by atoms with van der Waals surface area (Å²) >= 11 is 2.04. The first kappa shape index (κ1) is 15.3. The lowest BCUT2D eigenvalue weighted by molar-refractivity contribution is 0.161. The van der Waals surface area contributed by atoms with E-state index in [4.69, 9.17) is 0 Å². The maximum absolute atomic E-state index is 9.48. The Morgan fingerprint density at radius 2 is 1.82 bits per heavy atom. The van der Waals surface area contributed by atoms with Gasteiger partial charge in [0.2, 0.25) is 0 Å². The average Bonchev–Trinajstić information content (AvgIpc) is 2.99. The summed E-state index contributed by atoms with van der Waals surface area (Å²) in [6.45, 7) is 9.22. The van der Waals surface area contributed by atoms with Crippen LogP contribution in [0.15, 0.2) is 0 Å². The van der Waals surface area contributed by atoms with Gasteiger partial charge in [0.15, 0.2) is 0 Å². The van der Waals surface area contributed by atoms with Gasteiger partial charge in [-0.1, -0.05) is 27.2 Å². The molecule has 1 fully saturated rings. The van der Waals surface area contributed by atoms with E-state index in [1.54, 1.807) is 0 Å². The lowest BCUT2D eigenvalue weighted by atomic mass is 9.96. The van der Waals surface area contributed by atoms with Crippen molar-refractivity contribution in [2.75, 3.05) is 12.4 Å². The van der Waals surface area contributed by atoms with Crippen LogP contribution in [0.3, 0.4) is 0 Å². The second-order valence-corrected chi connectivity index (χ2v) is 8.48. The molecule has 0 aromatic rings. The highest BCUT2D eigenvalue weighted by atomic mass is 32.2. The normalized spacial score (nSPS) is 20.3. The third-order valence-corrected chi connectivity index (χ3v) is 4.50. The molecule has 1 unspecified atom stereocenters. The predicted octanol–water partition coefficient (Wildman–Crippen LogP) is 3.19. The fourth-order valence-corrected chi connectivity index (χ4v) is 2.87. The van der Waals surface area contributed by atoms with Crippen LogP contribution in [-0.2, 0) is 0 Å². The molecular formula is C14H29NOS. The fraction of sp³-hybridized carbons (Fsp3) is 1.00. The van der Waals surface area contributed by atoms with Gasteiger partial charge in [-0.25, -0.2) is 0 Å². The van der Waals surface area contributed by atoms with Crippen molar-refractivity contribution in [1.82, 2.24) is 5.32 Å². The highest BCUT2D eigenvalue weighted by Gasteiger charge is 2.31.